The van der Waals surface area contributed by atoms with Gasteiger partial charge in [0.05, 0.1) is 18.4 Å². The number of ketones is 1. The summed E-state index contributed by atoms with van der Waals surface area (Å²) in [6, 6.07) is 16.1. The number of hydrogen-bond donors (Lipinski definition) is 0. The summed E-state index contributed by atoms with van der Waals surface area (Å²) in [7, 11) is 0. The van der Waals surface area contributed by atoms with Gasteiger partial charge in [0.15, 0.2) is 5.78 Å². The van der Waals surface area contributed by atoms with Gasteiger partial charge in [-0.1, -0.05) is 42.5 Å². The molecule has 0 atom stereocenters. The fourth-order valence-corrected chi connectivity index (χ4v) is 5.60. The van der Waals surface area contributed by atoms with Crippen molar-refractivity contribution in [1.29, 1.82) is 0 Å². The minimum absolute atomic E-state index is 0.115. The third-order valence-corrected chi connectivity index (χ3v) is 7.50. The minimum Gasteiger partial charge on any atom is -0.304 e. The number of alkyl halides is 3. The Morgan fingerprint density at radius 1 is 1.00 bits per heavy atom. The summed E-state index contributed by atoms with van der Waals surface area (Å²) in [5, 5.41) is 0. The van der Waals surface area contributed by atoms with Crippen LogP contribution >= 0.6 is 0 Å². The van der Waals surface area contributed by atoms with Crippen molar-refractivity contribution < 1.29 is 22.8 Å². The number of benzene rings is 2. The molecule has 0 aromatic heterocycles. The van der Waals surface area contributed by atoms with Crippen LogP contribution in [-0.4, -0.2) is 42.4 Å². The van der Waals surface area contributed by atoms with Crippen LogP contribution in [-0.2, 0) is 21.5 Å². The normalized spacial score (nSPS) is 20.1. The Morgan fingerprint density at radius 3 is 2.35 bits per heavy atom. The molecule has 7 heteroatoms. The molecule has 2 fully saturated rings. The van der Waals surface area contributed by atoms with E-state index in [1.807, 2.05) is 30.3 Å². The molecule has 0 bridgehead atoms. The van der Waals surface area contributed by atoms with Crippen molar-refractivity contribution in [2.24, 2.45) is 0 Å². The van der Waals surface area contributed by atoms with Crippen LogP contribution in [0.4, 0.5) is 18.9 Å². The van der Waals surface area contributed by atoms with E-state index in [0.717, 1.165) is 43.7 Å². The van der Waals surface area contributed by atoms with Gasteiger partial charge in [0, 0.05) is 18.7 Å². The number of piperidine rings is 1. The lowest BCUT2D eigenvalue weighted by Gasteiger charge is -2.39. The Bertz CT molecular complexity index is 1070. The molecule has 0 unspecified atom stereocenters. The highest BCUT2D eigenvalue weighted by Gasteiger charge is 2.54. The first-order valence-corrected chi connectivity index (χ1v) is 12.1. The molecule has 5 rings (SSSR count). The Kier molecular flexibility index (Phi) is 6.00. The van der Waals surface area contributed by atoms with E-state index in [-0.39, 0.29) is 12.5 Å². The van der Waals surface area contributed by atoms with Gasteiger partial charge in [0.25, 0.3) is 0 Å². The number of likely N-dealkylation sites (tertiary alicyclic amines) is 1. The van der Waals surface area contributed by atoms with Crippen LogP contribution < -0.4 is 4.90 Å². The fourth-order valence-electron chi connectivity index (χ4n) is 5.60. The highest BCUT2D eigenvalue weighted by Crippen LogP contribution is 2.54. The van der Waals surface area contributed by atoms with Crippen molar-refractivity contribution >= 4 is 17.4 Å². The van der Waals surface area contributed by atoms with Crippen LogP contribution in [0.2, 0.25) is 0 Å². The number of rotatable bonds is 7. The number of hydrogen-bond acceptors (Lipinski definition) is 3. The van der Waals surface area contributed by atoms with Crippen molar-refractivity contribution in [3.8, 4) is 0 Å². The fraction of sp³-hybridized carbons (Fsp3) is 0.481. The maximum Gasteiger partial charge on any atom is 0.389 e. The summed E-state index contributed by atoms with van der Waals surface area (Å²) in [5.74, 6) is -0.231. The van der Waals surface area contributed by atoms with Crippen LogP contribution in [0, 0.1) is 0 Å². The van der Waals surface area contributed by atoms with Crippen molar-refractivity contribution in [3.05, 3.63) is 65.2 Å². The Morgan fingerprint density at radius 2 is 1.71 bits per heavy atom. The van der Waals surface area contributed by atoms with Crippen LogP contribution in [0.25, 0.3) is 0 Å². The average Bonchev–Trinajstić information content (AvgIpc) is 3.64. The predicted octanol–water partition coefficient (Wildman–Crippen LogP) is 5.36. The predicted molar refractivity (Wildman–Crippen MR) is 124 cm³/mol. The molecule has 1 aliphatic carbocycles. The van der Waals surface area contributed by atoms with Gasteiger partial charge in [-0.05, 0) is 67.4 Å². The quantitative estimate of drug-likeness (QED) is 0.547. The van der Waals surface area contributed by atoms with E-state index in [2.05, 4.69) is 23.1 Å². The van der Waals surface area contributed by atoms with Gasteiger partial charge in [-0.25, -0.2) is 0 Å². The number of halogens is 3. The molecule has 1 saturated heterocycles. The molecule has 3 aliphatic rings. The van der Waals surface area contributed by atoms with Gasteiger partial charge in [-0.3, -0.25) is 14.5 Å². The Labute approximate surface area is 197 Å². The molecule has 0 N–H and O–H groups in total. The van der Waals surface area contributed by atoms with Crippen LogP contribution in [0.3, 0.4) is 0 Å². The van der Waals surface area contributed by atoms with Crippen LogP contribution in [0.1, 0.15) is 61.1 Å². The molecule has 34 heavy (non-hydrogen) atoms. The maximum absolute atomic E-state index is 13.9. The molecular formula is C27H29F3N2O2. The summed E-state index contributed by atoms with van der Waals surface area (Å²) in [4.78, 5) is 30.2. The highest BCUT2D eigenvalue weighted by molar-refractivity contribution is 6.11. The lowest BCUT2D eigenvalue weighted by atomic mass is 9.71. The summed E-state index contributed by atoms with van der Waals surface area (Å²) in [6.07, 6.45) is -2.64. The topological polar surface area (TPSA) is 40.6 Å². The first-order chi connectivity index (χ1) is 16.3. The van der Waals surface area contributed by atoms with E-state index < -0.39 is 30.2 Å². The molecule has 180 valence electrons. The van der Waals surface area contributed by atoms with Crippen molar-refractivity contribution in [1.82, 2.24) is 4.90 Å². The third kappa shape index (κ3) is 4.50. The Balaban J connectivity index is 1.39. The lowest BCUT2D eigenvalue weighted by molar-refractivity contribution is -0.142. The zero-order valence-electron chi connectivity index (χ0n) is 19.1. The maximum atomic E-state index is 13.9. The summed E-state index contributed by atoms with van der Waals surface area (Å²) in [6.45, 7) is 2.05. The summed E-state index contributed by atoms with van der Waals surface area (Å²) < 4.78 is 37.9. The second kappa shape index (κ2) is 8.84. The van der Waals surface area contributed by atoms with E-state index in [4.69, 9.17) is 0 Å². The van der Waals surface area contributed by atoms with E-state index in [0.29, 0.717) is 18.8 Å². The van der Waals surface area contributed by atoms with E-state index in [9.17, 15) is 22.8 Å². The van der Waals surface area contributed by atoms with Gasteiger partial charge in [0.2, 0.25) is 5.91 Å². The first-order valence-electron chi connectivity index (χ1n) is 12.1. The van der Waals surface area contributed by atoms with Gasteiger partial charge in [-0.2, -0.15) is 13.2 Å². The number of carbonyl (C=O) groups excluding carboxylic acids is 2. The van der Waals surface area contributed by atoms with Crippen molar-refractivity contribution in [2.75, 3.05) is 24.5 Å². The Hall–Kier alpha value is -2.67. The molecule has 0 radical (unpaired) electrons. The molecule has 2 heterocycles. The molecule has 1 spiro atoms. The molecule has 4 nitrogen and oxygen atoms in total. The van der Waals surface area contributed by atoms with Crippen molar-refractivity contribution in [2.45, 2.75) is 62.6 Å². The number of carbonyl (C=O) groups is 2. The van der Waals surface area contributed by atoms with Crippen LogP contribution in [0.15, 0.2) is 48.5 Å². The van der Waals surface area contributed by atoms with Crippen molar-refractivity contribution in [3.63, 3.8) is 0 Å². The SMILES string of the molecule is O=C(CCC(F)(F)F)CN1C(=O)C2(CCN(Cc3ccccc3)CC2)c2c(C3CC3)cccc21. The zero-order valence-corrected chi connectivity index (χ0v) is 19.1. The standard InChI is InChI=1S/C27H29F3N2O2/c28-27(29,30)12-11-21(33)18-32-23-8-4-7-22(20-9-10-20)24(23)26(25(32)34)13-15-31(16-14-26)17-19-5-2-1-3-6-19/h1-8,20H,9-18H2. The number of anilines is 1. The average molecular weight is 471 g/mol. The second-order valence-corrected chi connectivity index (χ2v) is 9.90. The van der Waals surface area contributed by atoms with Crippen LogP contribution in [0.5, 0.6) is 0 Å². The largest absolute Gasteiger partial charge is 0.389 e. The van der Waals surface area contributed by atoms with Gasteiger partial charge in [-0.15, -0.1) is 0 Å². The molecule has 1 amide bonds. The monoisotopic (exact) mass is 470 g/mol. The lowest BCUT2D eigenvalue weighted by Crippen LogP contribution is -2.49. The minimum atomic E-state index is -4.38. The van der Waals surface area contributed by atoms with Gasteiger partial charge >= 0.3 is 6.18 Å². The van der Waals surface area contributed by atoms with E-state index in [1.165, 1.54) is 16.0 Å². The van der Waals surface area contributed by atoms with Gasteiger partial charge in [0.1, 0.15) is 0 Å². The smallest absolute Gasteiger partial charge is 0.304 e. The first kappa shape index (κ1) is 23.1. The number of Topliss-reactive ketones (excluding diaryl/α,β-unsaturated/α-hetero) is 1. The van der Waals surface area contributed by atoms with E-state index in [1.54, 1.807) is 0 Å². The molecule has 1 saturated carbocycles. The summed E-state index contributed by atoms with van der Waals surface area (Å²) in [5.41, 5.74) is 3.49. The summed E-state index contributed by atoms with van der Waals surface area (Å²) >= 11 is 0. The molecule has 2 aliphatic heterocycles. The third-order valence-electron chi connectivity index (χ3n) is 7.50. The number of nitrogens with zero attached hydrogens (tertiary/aromatic N) is 2. The molecular weight excluding hydrogens is 441 g/mol. The molecule has 2 aromatic carbocycles. The second-order valence-electron chi connectivity index (χ2n) is 9.90. The number of fused-ring (bicyclic) bond motifs is 2. The molecule has 2 aromatic rings. The van der Waals surface area contributed by atoms with E-state index >= 15 is 0 Å². The zero-order chi connectivity index (χ0) is 23.9. The highest BCUT2D eigenvalue weighted by atomic mass is 19.4. The van der Waals surface area contributed by atoms with Gasteiger partial charge < -0.3 is 4.90 Å². The number of amides is 1.